The molecule has 0 radical (unpaired) electrons. The Labute approximate surface area is 107 Å². The highest BCUT2D eigenvalue weighted by Gasteiger charge is 2.29. The molecule has 6 heteroatoms. The Morgan fingerprint density at radius 3 is 2.17 bits per heavy atom. The summed E-state index contributed by atoms with van der Waals surface area (Å²) in [4.78, 5) is 11.5. The molecule has 0 heterocycles. The Morgan fingerprint density at radius 1 is 1.28 bits per heavy atom. The van der Waals surface area contributed by atoms with Crippen LogP contribution >= 0.6 is 0 Å². The van der Waals surface area contributed by atoms with Gasteiger partial charge in [0, 0.05) is 0 Å². The number of nitrogens with zero attached hydrogens (tertiary/aromatic N) is 1. The summed E-state index contributed by atoms with van der Waals surface area (Å²) in [5.74, 6) is -0.596. The predicted octanol–water partition coefficient (Wildman–Crippen LogP) is 1.32. The van der Waals surface area contributed by atoms with Gasteiger partial charge >= 0.3 is 5.97 Å². The van der Waals surface area contributed by atoms with Gasteiger partial charge in [0.15, 0.2) is 0 Å². The Balaban J connectivity index is 3.23. The number of benzene rings is 1. The fourth-order valence-corrected chi connectivity index (χ4v) is 2.83. The molecule has 1 atom stereocenters. The van der Waals surface area contributed by atoms with E-state index in [0.29, 0.717) is 5.69 Å². The van der Waals surface area contributed by atoms with Gasteiger partial charge in [-0.15, -0.1) is 0 Å². The number of ether oxygens (including phenoxy) is 1. The average molecular weight is 271 g/mol. The van der Waals surface area contributed by atoms with Crippen molar-refractivity contribution in [3.63, 3.8) is 0 Å². The maximum atomic E-state index is 11.8. The zero-order valence-corrected chi connectivity index (χ0v) is 11.7. The van der Waals surface area contributed by atoms with Crippen LogP contribution in [-0.4, -0.2) is 33.8 Å². The van der Waals surface area contributed by atoms with E-state index in [1.807, 2.05) is 6.92 Å². The molecule has 1 aromatic rings. The fourth-order valence-electron chi connectivity index (χ4n) is 1.66. The maximum absolute atomic E-state index is 11.8. The zero-order valence-electron chi connectivity index (χ0n) is 10.9. The van der Waals surface area contributed by atoms with Crippen LogP contribution < -0.4 is 4.31 Å². The Hall–Kier alpha value is -1.56. The second-order valence-electron chi connectivity index (χ2n) is 4.09. The first-order valence-corrected chi connectivity index (χ1v) is 7.26. The van der Waals surface area contributed by atoms with Crippen LogP contribution in [0.2, 0.25) is 0 Å². The van der Waals surface area contributed by atoms with Crippen molar-refractivity contribution >= 4 is 21.7 Å². The maximum Gasteiger partial charge on any atom is 0.329 e. The minimum absolute atomic E-state index is 0.445. The molecule has 0 aliphatic heterocycles. The average Bonchev–Trinajstić information content (AvgIpc) is 2.29. The van der Waals surface area contributed by atoms with Crippen LogP contribution in [0.1, 0.15) is 12.5 Å². The van der Waals surface area contributed by atoms with Crippen LogP contribution in [0.5, 0.6) is 0 Å². The van der Waals surface area contributed by atoms with Crippen LogP contribution in [0.3, 0.4) is 0 Å². The molecule has 0 bridgehead atoms. The number of sulfonamides is 1. The van der Waals surface area contributed by atoms with E-state index in [9.17, 15) is 13.2 Å². The number of methoxy groups -OCH3 is 1. The summed E-state index contributed by atoms with van der Waals surface area (Å²) < 4.78 is 29.2. The summed E-state index contributed by atoms with van der Waals surface area (Å²) >= 11 is 0. The Kier molecular flexibility index (Phi) is 4.34. The predicted molar refractivity (Wildman–Crippen MR) is 70.0 cm³/mol. The minimum atomic E-state index is -3.55. The Bertz CT molecular complexity index is 522. The molecule has 100 valence electrons. The molecule has 0 aromatic heterocycles. The van der Waals surface area contributed by atoms with Crippen molar-refractivity contribution in [2.75, 3.05) is 17.7 Å². The number of hydrogen-bond acceptors (Lipinski definition) is 4. The molecule has 0 fully saturated rings. The molecule has 5 nitrogen and oxygen atoms in total. The van der Waals surface area contributed by atoms with Crippen LogP contribution in [0.4, 0.5) is 5.69 Å². The van der Waals surface area contributed by atoms with Gasteiger partial charge < -0.3 is 4.74 Å². The SMILES string of the molecule is COC(=O)C(C)N(c1ccc(C)cc1)S(C)(=O)=O. The number of carbonyl (C=O) groups is 1. The number of esters is 1. The van der Waals surface area contributed by atoms with E-state index >= 15 is 0 Å². The number of aryl methyl sites for hydroxylation is 1. The van der Waals surface area contributed by atoms with Crippen molar-refractivity contribution in [1.29, 1.82) is 0 Å². The van der Waals surface area contributed by atoms with Gasteiger partial charge in [0.2, 0.25) is 10.0 Å². The molecule has 0 aliphatic rings. The molecular formula is C12H17NO4S. The summed E-state index contributed by atoms with van der Waals surface area (Å²) in [6, 6.07) is 6.01. The first kappa shape index (κ1) is 14.5. The van der Waals surface area contributed by atoms with E-state index in [2.05, 4.69) is 4.74 Å². The molecule has 0 saturated heterocycles. The highest BCUT2D eigenvalue weighted by atomic mass is 32.2. The molecule has 0 aliphatic carbocycles. The third kappa shape index (κ3) is 3.22. The molecule has 0 saturated carbocycles. The largest absolute Gasteiger partial charge is 0.467 e. The van der Waals surface area contributed by atoms with E-state index in [0.717, 1.165) is 16.1 Å². The van der Waals surface area contributed by atoms with E-state index in [1.165, 1.54) is 14.0 Å². The summed E-state index contributed by atoms with van der Waals surface area (Å²) in [7, 11) is -2.32. The number of carbonyl (C=O) groups excluding carboxylic acids is 1. The van der Waals surface area contributed by atoms with Gasteiger partial charge in [-0.2, -0.15) is 0 Å². The van der Waals surface area contributed by atoms with E-state index in [-0.39, 0.29) is 0 Å². The zero-order chi connectivity index (χ0) is 13.9. The van der Waals surface area contributed by atoms with Crippen molar-refractivity contribution in [3.8, 4) is 0 Å². The first-order chi connectivity index (χ1) is 8.27. The van der Waals surface area contributed by atoms with Crippen molar-refractivity contribution in [2.24, 2.45) is 0 Å². The normalized spacial score (nSPS) is 12.9. The van der Waals surface area contributed by atoms with Gasteiger partial charge in [0.25, 0.3) is 0 Å². The van der Waals surface area contributed by atoms with Gasteiger partial charge in [-0.1, -0.05) is 17.7 Å². The molecule has 1 aromatic carbocycles. The van der Waals surface area contributed by atoms with Gasteiger partial charge in [-0.25, -0.2) is 13.2 Å². The molecule has 0 spiro atoms. The van der Waals surface area contributed by atoms with Crippen molar-refractivity contribution in [2.45, 2.75) is 19.9 Å². The quantitative estimate of drug-likeness (QED) is 0.775. The lowest BCUT2D eigenvalue weighted by atomic mass is 10.2. The number of hydrogen-bond donors (Lipinski definition) is 0. The van der Waals surface area contributed by atoms with Gasteiger partial charge in [-0.05, 0) is 26.0 Å². The summed E-state index contributed by atoms with van der Waals surface area (Å²) in [5.41, 5.74) is 1.46. The lowest BCUT2D eigenvalue weighted by Gasteiger charge is -2.27. The summed E-state index contributed by atoms with van der Waals surface area (Å²) in [5, 5.41) is 0. The van der Waals surface area contributed by atoms with Crippen LogP contribution in [-0.2, 0) is 19.6 Å². The number of rotatable bonds is 4. The van der Waals surface area contributed by atoms with Gasteiger partial charge in [0.1, 0.15) is 6.04 Å². The first-order valence-electron chi connectivity index (χ1n) is 5.41. The second-order valence-corrected chi connectivity index (χ2v) is 5.95. The van der Waals surface area contributed by atoms with E-state index in [1.54, 1.807) is 24.3 Å². The van der Waals surface area contributed by atoms with Gasteiger partial charge in [0.05, 0.1) is 19.1 Å². The molecule has 0 amide bonds. The molecule has 1 rings (SSSR count). The monoisotopic (exact) mass is 271 g/mol. The van der Waals surface area contributed by atoms with E-state index in [4.69, 9.17) is 0 Å². The minimum Gasteiger partial charge on any atom is -0.467 e. The molecule has 0 N–H and O–H groups in total. The highest BCUT2D eigenvalue weighted by Crippen LogP contribution is 2.21. The molecule has 18 heavy (non-hydrogen) atoms. The third-order valence-electron chi connectivity index (χ3n) is 2.54. The Morgan fingerprint density at radius 2 is 1.78 bits per heavy atom. The lowest BCUT2D eigenvalue weighted by Crippen LogP contribution is -2.43. The van der Waals surface area contributed by atoms with Crippen LogP contribution in [0.15, 0.2) is 24.3 Å². The van der Waals surface area contributed by atoms with Crippen LogP contribution in [0.25, 0.3) is 0 Å². The van der Waals surface area contributed by atoms with Crippen molar-refractivity contribution in [1.82, 2.24) is 0 Å². The third-order valence-corrected chi connectivity index (χ3v) is 3.78. The van der Waals surface area contributed by atoms with Crippen molar-refractivity contribution < 1.29 is 17.9 Å². The standard InChI is InChI=1S/C12H17NO4S/c1-9-5-7-11(8-6-9)13(18(4,15)16)10(2)12(14)17-3/h5-8,10H,1-4H3. The van der Waals surface area contributed by atoms with E-state index < -0.39 is 22.0 Å². The molecular weight excluding hydrogens is 254 g/mol. The summed E-state index contributed by atoms with van der Waals surface area (Å²) in [6.45, 7) is 3.39. The molecule has 1 unspecified atom stereocenters. The van der Waals surface area contributed by atoms with Crippen LogP contribution in [0, 0.1) is 6.92 Å². The smallest absolute Gasteiger partial charge is 0.329 e. The highest BCUT2D eigenvalue weighted by molar-refractivity contribution is 7.92. The number of anilines is 1. The summed E-state index contributed by atoms with van der Waals surface area (Å²) in [6.07, 6.45) is 1.06. The second kappa shape index (κ2) is 5.39. The topological polar surface area (TPSA) is 63.7 Å². The fraction of sp³-hybridized carbons (Fsp3) is 0.417. The lowest BCUT2D eigenvalue weighted by molar-refractivity contribution is -0.141. The van der Waals surface area contributed by atoms with Crippen molar-refractivity contribution in [3.05, 3.63) is 29.8 Å². The van der Waals surface area contributed by atoms with Gasteiger partial charge in [-0.3, -0.25) is 4.31 Å².